The van der Waals surface area contributed by atoms with E-state index in [1.165, 1.54) is 10.9 Å². The van der Waals surface area contributed by atoms with Crippen molar-refractivity contribution in [2.24, 2.45) is 0 Å². The summed E-state index contributed by atoms with van der Waals surface area (Å²) in [6.45, 7) is 0.301. The number of hydrogen-bond donors (Lipinski definition) is 0. The van der Waals surface area contributed by atoms with Crippen LogP contribution in [-0.4, -0.2) is 19.7 Å². The van der Waals surface area contributed by atoms with Crippen LogP contribution in [0.1, 0.15) is 11.4 Å². The predicted molar refractivity (Wildman–Crippen MR) is 70.9 cm³/mol. The summed E-state index contributed by atoms with van der Waals surface area (Å²) >= 11 is 5.78. The van der Waals surface area contributed by atoms with E-state index in [1.54, 1.807) is 0 Å². The molecule has 0 saturated carbocycles. The van der Waals surface area contributed by atoms with Gasteiger partial charge in [0.1, 0.15) is 5.15 Å². The molecule has 2 heterocycles. The van der Waals surface area contributed by atoms with Gasteiger partial charge in [0, 0.05) is 0 Å². The SMILES string of the molecule is FC(F)(F)c1nc(Cl)c2cnn(Cc3ccccc3)c2n1. The molecule has 0 bridgehead atoms. The van der Waals surface area contributed by atoms with Crippen LogP contribution < -0.4 is 0 Å². The van der Waals surface area contributed by atoms with Gasteiger partial charge in [0.05, 0.1) is 18.1 Å². The Balaban J connectivity index is 2.10. The molecule has 0 aliphatic rings. The van der Waals surface area contributed by atoms with Gasteiger partial charge >= 0.3 is 6.18 Å². The lowest BCUT2D eigenvalue weighted by Crippen LogP contribution is -2.12. The van der Waals surface area contributed by atoms with E-state index in [2.05, 4.69) is 15.1 Å². The number of aromatic nitrogens is 4. The molecule has 4 nitrogen and oxygen atoms in total. The highest BCUT2D eigenvalue weighted by Gasteiger charge is 2.36. The molecule has 8 heteroatoms. The van der Waals surface area contributed by atoms with Gasteiger partial charge in [-0.15, -0.1) is 0 Å². The molecule has 0 aliphatic carbocycles. The first-order valence-electron chi connectivity index (χ1n) is 5.95. The zero-order valence-corrected chi connectivity index (χ0v) is 11.2. The van der Waals surface area contributed by atoms with E-state index in [-0.39, 0.29) is 10.8 Å². The van der Waals surface area contributed by atoms with Crippen LogP contribution in [0.15, 0.2) is 36.5 Å². The Hall–Kier alpha value is -2.15. The molecule has 0 saturated heterocycles. The maximum Gasteiger partial charge on any atom is 0.451 e. The van der Waals surface area contributed by atoms with Gasteiger partial charge in [-0.05, 0) is 5.56 Å². The van der Waals surface area contributed by atoms with E-state index >= 15 is 0 Å². The van der Waals surface area contributed by atoms with Gasteiger partial charge in [-0.1, -0.05) is 41.9 Å². The van der Waals surface area contributed by atoms with Crippen molar-refractivity contribution in [2.45, 2.75) is 12.7 Å². The average Bonchev–Trinajstić information content (AvgIpc) is 2.83. The Morgan fingerprint density at radius 1 is 1.10 bits per heavy atom. The quantitative estimate of drug-likeness (QED) is 0.680. The zero-order valence-electron chi connectivity index (χ0n) is 10.5. The second-order valence-electron chi connectivity index (χ2n) is 4.36. The Morgan fingerprint density at radius 2 is 1.81 bits per heavy atom. The molecule has 0 unspecified atom stereocenters. The summed E-state index contributed by atoms with van der Waals surface area (Å²) in [5.41, 5.74) is 0.956. The van der Waals surface area contributed by atoms with E-state index in [0.29, 0.717) is 11.9 Å². The first-order valence-corrected chi connectivity index (χ1v) is 6.33. The van der Waals surface area contributed by atoms with Gasteiger partial charge in [-0.25, -0.2) is 14.6 Å². The molecule has 2 aromatic heterocycles. The van der Waals surface area contributed by atoms with Crippen molar-refractivity contribution >= 4 is 22.6 Å². The number of benzene rings is 1. The van der Waals surface area contributed by atoms with Crippen molar-refractivity contribution < 1.29 is 13.2 Å². The topological polar surface area (TPSA) is 43.6 Å². The Bertz CT molecular complexity index is 783. The molecule has 1 aromatic carbocycles. The number of rotatable bonds is 2. The molecule has 0 aliphatic heterocycles. The van der Waals surface area contributed by atoms with Crippen LogP contribution in [0.25, 0.3) is 11.0 Å². The van der Waals surface area contributed by atoms with Crippen molar-refractivity contribution in [3.8, 4) is 0 Å². The van der Waals surface area contributed by atoms with E-state index in [4.69, 9.17) is 11.6 Å². The molecular weight excluding hydrogens is 305 g/mol. The molecular formula is C13H8ClF3N4. The molecule has 0 atom stereocenters. The lowest BCUT2D eigenvalue weighted by atomic mass is 10.2. The highest BCUT2D eigenvalue weighted by atomic mass is 35.5. The van der Waals surface area contributed by atoms with Crippen LogP contribution >= 0.6 is 11.6 Å². The number of alkyl halides is 3. The fourth-order valence-corrected chi connectivity index (χ4v) is 2.13. The number of halogens is 4. The van der Waals surface area contributed by atoms with Gasteiger partial charge in [0.2, 0.25) is 5.82 Å². The molecule has 0 spiro atoms. The van der Waals surface area contributed by atoms with Crippen LogP contribution in [0, 0.1) is 0 Å². The molecule has 0 amide bonds. The molecule has 0 N–H and O–H groups in total. The predicted octanol–water partition coefficient (Wildman–Crippen LogP) is 3.55. The summed E-state index contributed by atoms with van der Waals surface area (Å²) < 4.78 is 39.6. The molecule has 0 fully saturated rings. The normalized spacial score (nSPS) is 12.0. The summed E-state index contributed by atoms with van der Waals surface area (Å²) in [6.07, 6.45) is -3.29. The fourth-order valence-electron chi connectivity index (χ4n) is 1.92. The van der Waals surface area contributed by atoms with E-state index < -0.39 is 12.0 Å². The molecule has 3 rings (SSSR count). The molecule has 108 valence electrons. The van der Waals surface area contributed by atoms with E-state index in [0.717, 1.165) is 5.56 Å². The summed E-state index contributed by atoms with van der Waals surface area (Å²) in [5.74, 6) is -1.27. The molecule has 21 heavy (non-hydrogen) atoms. The minimum absolute atomic E-state index is 0.0613. The second kappa shape index (κ2) is 5.00. The first kappa shape index (κ1) is 13.8. The Labute approximate surface area is 122 Å². The largest absolute Gasteiger partial charge is 0.451 e. The summed E-state index contributed by atoms with van der Waals surface area (Å²) in [6, 6.07) is 9.22. The maximum absolute atomic E-state index is 12.7. The van der Waals surface area contributed by atoms with Crippen molar-refractivity contribution in [1.29, 1.82) is 0 Å². The first-order chi connectivity index (χ1) is 9.95. The lowest BCUT2D eigenvalue weighted by Gasteiger charge is -2.07. The zero-order chi connectivity index (χ0) is 15.0. The van der Waals surface area contributed by atoms with Crippen LogP contribution in [0.5, 0.6) is 0 Å². The third kappa shape index (κ3) is 2.69. The highest BCUT2D eigenvalue weighted by Crippen LogP contribution is 2.30. The third-order valence-corrected chi connectivity index (χ3v) is 3.17. The van der Waals surface area contributed by atoms with Gasteiger partial charge in [0.15, 0.2) is 5.65 Å². The molecule has 3 aromatic rings. The van der Waals surface area contributed by atoms with Crippen molar-refractivity contribution in [3.63, 3.8) is 0 Å². The maximum atomic E-state index is 12.7. The van der Waals surface area contributed by atoms with Crippen molar-refractivity contribution in [1.82, 2.24) is 19.7 Å². The monoisotopic (exact) mass is 312 g/mol. The van der Waals surface area contributed by atoms with E-state index in [9.17, 15) is 13.2 Å². The van der Waals surface area contributed by atoms with Crippen LogP contribution in [-0.2, 0) is 12.7 Å². The van der Waals surface area contributed by atoms with Gasteiger partial charge in [-0.2, -0.15) is 18.3 Å². The summed E-state index contributed by atoms with van der Waals surface area (Å²) in [4.78, 5) is 6.81. The van der Waals surface area contributed by atoms with Crippen LogP contribution in [0.4, 0.5) is 13.2 Å². The number of fused-ring (bicyclic) bond motifs is 1. The van der Waals surface area contributed by atoms with Gasteiger partial charge < -0.3 is 0 Å². The van der Waals surface area contributed by atoms with Gasteiger partial charge in [0.25, 0.3) is 0 Å². The average molecular weight is 313 g/mol. The van der Waals surface area contributed by atoms with Crippen molar-refractivity contribution in [3.05, 3.63) is 53.1 Å². The summed E-state index contributed by atoms with van der Waals surface area (Å²) in [5, 5.41) is 4.07. The number of nitrogens with zero attached hydrogens (tertiary/aromatic N) is 4. The standard InChI is InChI=1S/C13H8ClF3N4/c14-10-9-6-18-21(7-8-4-2-1-3-5-8)11(9)20-12(19-10)13(15,16)17/h1-6H,7H2. The smallest absolute Gasteiger partial charge is 0.243 e. The molecule has 0 radical (unpaired) electrons. The second-order valence-corrected chi connectivity index (χ2v) is 4.72. The summed E-state index contributed by atoms with van der Waals surface area (Å²) in [7, 11) is 0. The van der Waals surface area contributed by atoms with E-state index in [1.807, 2.05) is 30.3 Å². The third-order valence-electron chi connectivity index (χ3n) is 2.88. The van der Waals surface area contributed by atoms with Crippen LogP contribution in [0.2, 0.25) is 5.15 Å². The minimum Gasteiger partial charge on any atom is -0.243 e. The highest BCUT2D eigenvalue weighted by molar-refractivity contribution is 6.33. The number of hydrogen-bond acceptors (Lipinski definition) is 3. The van der Waals surface area contributed by atoms with Crippen LogP contribution in [0.3, 0.4) is 0 Å². The van der Waals surface area contributed by atoms with Crippen molar-refractivity contribution in [2.75, 3.05) is 0 Å². The lowest BCUT2D eigenvalue weighted by molar-refractivity contribution is -0.144. The van der Waals surface area contributed by atoms with Gasteiger partial charge in [-0.3, -0.25) is 0 Å². The minimum atomic E-state index is -4.65. The Morgan fingerprint density at radius 3 is 2.48 bits per heavy atom. The fraction of sp³-hybridized carbons (Fsp3) is 0.154. The Kier molecular flexibility index (Phi) is 3.29.